The summed E-state index contributed by atoms with van der Waals surface area (Å²) >= 11 is 0. The van der Waals surface area contributed by atoms with Gasteiger partial charge in [-0.15, -0.1) is 0 Å². The summed E-state index contributed by atoms with van der Waals surface area (Å²) in [5.74, 6) is 1.45. The number of fused-ring (bicyclic) bond motifs is 2. The van der Waals surface area contributed by atoms with Gasteiger partial charge in [0.05, 0.1) is 5.60 Å². The summed E-state index contributed by atoms with van der Waals surface area (Å²) in [6.07, 6.45) is 6.82. The van der Waals surface area contributed by atoms with Gasteiger partial charge in [-0.3, -0.25) is 0 Å². The predicted octanol–water partition coefficient (Wildman–Crippen LogP) is 1.58. The molecular weight excluding hydrogens is 176 g/mol. The van der Waals surface area contributed by atoms with E-state index in [0.29, 0.717) is 11.8 Å². The first-order chi connectivity index (χ1) is 6.54. The Morgan fingerprint density at radius 2 is 1.79 bits per heavy atom. The lowest BCUT2D eigenvalue weighted by molar-refractivity contribution is -0.0770. The fraction of sp³-hybridized carbons (Fsp3) is 0.833. The summed E-state index contributed by atoms with van der Waals surface area (Å²) in [7, 11) is 0. The van der Waals surface area contributed by atoms with Gasteiger partial charge in [0, 0.05) is 6.61 Å². The van der Waals surface area contributed by atoms with Crippen LogP contribution in [0.3, 0.4) is 0 Å². The highest BCUT2D eigenvalue weighted by Crippen LogP contribution is 2.48. The molecule has 14 heavy (non-hydrogen) atoms. The van der Waals surface area contributed by atoms with Crippen molar-refractivity contribution in [1.82, 2.24) is 0 Å². The summed E-state index contributed by atoms with van der Waals surface area (Å²) in [5, 5.41) is 19.5. The molecule has 2 bridgehead atoms. The monoisotopic (exact) mass is 196 g/mol. The zero-order valence-corrected chi connectivity index (χ0v) is 8.98. The Hall–Kier alpha value is -0.340. The number of aliphatic hydroxyl groups is 2. The topological polar surface area (TPSA) is 40.5 Å². The van der Waals surface area contributed by atoms with Gasteiger partial charge < -0.3 is 10.2 Å². The van der Waals surface area contributed by atoms with Crippen LogP contribution in [-0.4, -0.2) is 22.4 Å². The van der Waals surface area contributed by atoms with Crippen LogP contribution in [0.2, 0.25) is 0 Å². The third-order valence-electron chi connectivity index (χ3n) is 3.94. The van der Waals surface area contributed by atoms with Gasteiger partial charge in [0.25, 0.3) is 0 Å². The number of hydrogen-bond donors (Lipinski definition) is 2. The van der Waals surface area contributed by atoms with Crippen molar-refractivity contribution in [1.29, 1.82) is 0 Å². The first-order valence-electron chi connectivity index (χ1n) is 5.55. The van der Waals surface area contributed by atoms with Crippen LogP contribution in [0.4, 0.5) is 0 Å². The minimum Gasteiger partial charge on any atom is -0.396 e. The predicted molar refractivity (Wildman–Crippen MR) is 55.7 cm³/mol. The van der Waals surface area contributed by atoms with Crippen LogP contribution < -0.4 is 0 Å². The van der Waals surface area contributed by atoms with Crippen LogP contribution in [-0.2, 0) is 0 Å². The quantitative estimate of drug-likeness (QED) is 0.658. The van der Waals surface area contributed by atoms with Crippen molar-refractivity contribution in [2.24, 2.45) is 23.7 Å². The molecule has 0 amide bonds. The first kappa shape index (κ1) is 10.2. The second-order valence-corrected chi connectivity index (χ2v) is 5.32. The van der Waals surface area contributed by atoms with Gasteiger partial charge in [-0.05, 0) is 50.4 Å². The molecule has 2 N–H and O–H groups in total. The fourth-order valence-corrected chi connectivity index (χ4v) is 3.40. The van der Waals surface area contributed by atoms with Crippen LogP contribution in [0.15, 0.2) is 12.2 Å². The van der Waals surface area contributed by atoms with Crippen LogP contribution in [0.25, 0.3) is 0 Å². The van der Waals surface area contributed by atoms with E-state index in [-0.39, 0.29) is 18.4 Å². The molecule has 0 aromatic carbocycles. The minimum absolute atomic E-state index is 0.208. The van der Waals surface area contributed by atoms with Crippen molar-refractivity contribution in [3.8, 4) is 0 Å². The van der Waals surface area contributed by atoms with Crippen LogP contribution in [0.1, 0.15) is 26.7 Å². The molecule has 3 aliphatic rings. The van der Waals surface area contributed by atoms with Crippen LogP contribution in [0, 0.1) is 23.7 Å². The molecule has 4 atom stereocenters. The summed E-state index contributed by atoms with van der Waals surface area (Å²) in [5.41, 5.74) is -0.665. The van der Waals surface area contributed by atoms with Crippen molar-refractivity contribution in [3.63, 3.8) is 0 Å². The lowest BCUT2D eigenvalue weighted by Crippen LogP contribution is -2.49. The maximum atomic E-state index is 10.1. The maximum absolute atomic E-state index is 10.1. The zero-order valence-electron chi connectivity index (χ0n) is 8.98. The SMILES string of the molecule is CC(C)(O)[C@@H]1[C@H](CO)[C@@H]2C=C[C@H]1CC2. The summed E-state index contributed by atoms with van der Waals surface area (Å²) < 4.78 is 0. The summed E-state index contributed by atoms with van der Waals surface area (Å²) in [6, 6.07) is 0. The van der Waals surface area contributed by atoms with Crippen molar-refractivity contribution >= 4 is 0 Å². The van der Waals surface area contributed by atoms with Crippen molar-refractivity contribution in [3.05, 3.63) is 12.2 Å². The molecule has 0 radical (unpaired) electrons. The molecule has 80 valence electrons. The molecular formula is C12H20O2. The Labute approximate surface area is 85.6 Å². The Kier molecular flexibility index (Phi) is 2.44. The summed E-state index contributed by atoms with van der Waals surface area (Å²) in [6.45, 7) is 3.95. The lowest BCUT2D eigenvalue weighted by atomic mass is 9.58. The first-order valence-corrected chi connectivity index (χ1v) is 5.55. The van der Waals surface area contributed by atoms with Gasteiger partial charge in [-0.2, -0.15) is 0 Å². The molecule has 2 nitrogen and oxygen atoms in total. The largest absolute Gasteiger partial charge is 0.396 e. The van der Waals surface area contributed by atoms with E-state index in [0.717, 1.165) is 0 Å². The smallest absolute Gasteiger partial charge is 0.0629 e. The standard InChI is InChI=1S/C12H20O2/c1-12(2,14)11-9-5-3-8(4-6-9)10(11)7-13/h3,5,8-11,13-14H,4,6-7H2,1-2H3/t8-,9+,10-,11+/m1/s1. The van der Waals surface area contributed by atoms with Crippen LogP contribution >= 0.6 is 0 Å². The summed E-state index contributed by atoms with van der Waals surface area (Å²) in [4.78, 5) is 0. The van der Waals surface area contributed by atoms with E-state index < -0.39 is 5.60 Å². The maximum Gasteiger partial charge on any atom is 0.0629 e. The lowest BCUT2D eigenvalue weighted by Gasteiger charge is -2.49. The molecule has 0 aliphatic heterocycles. The van der Waals surface area contributed by atoms with Gasteiger partial charge in [0.1, 0.15) is 0 Å². The average molecular weight is 196 g/mol. The molecule has 1 saturated carbocycles. The van der Waals surface area contributed by atoms with E-state index in [9.17, 15) is 10.2 Å². The fourth-order valence-electron chi connectivity index (χ4n) is 3.40. The number of aliphatic hydroxyl groups excluding tert-OH is 1. The Morgan fingerprint density at radius 3 is 2.14 bits per heavy atom. The van der Waals surface area contributed by atoms with Gasteiger partial charge in [0.2, 0.25) is 0 Å². The number of allylic oxidation sites excluding steroid dienone is 2. The normalized spacial score (nSPS) is 41.7. The second-order valence-electron chi connectivity index (χ2n) is 5.32. The Balaban J connectivity index is 2.27. The molecule has 1 fully saturated rings. The minimum atomic E-state index is -0.665. The zero-order chi connectivity index (χ0) is 10.3. The number of hydrogen-bond acceptors (Lipinski definition) is 2. The van der Waals surface area contributed by atoms with Gasteiger partial charge in [-0.25, -0.2) is 0 Å². The Morgan fingerprint density at radius 1 is 1.21 bits per heavy atom. The molecule has 0 spiro atoms. The highest BCUT2D eigenvalue weighted by molar-refractivity contribution is 5.12. The van der Waals surface area contributed by atoms with Crippen molar-refractivity contribution in [2.45, 2.75) is 32.3 Å². The van der Waals surface area contributed by atoms with E-state index in [1.54, 1.807) is 0 Å². The van der Waals surface area contributed by atoms with E-state index in [1.165, 1.54) is 12.8 Å². The van der Waals surface area contributed by atoms with Crippen molar-refractivity contribution in [2.75, 3.05) is 6.61 Å². The van der Waals surface area contributed by atoms with Gasteiger partial charge in [0.15, 0.2) is 0 Å². The highest BCUT2D eigenvalue weighted by atomic mass is 16.3. The third kappa shape index (κ3) is 1.51. The van der Waals surface area contributed by atoms with E-state index in [1.807, 2.05) is 13.8 Å². The molecule has 3 aliphatic carbocycles. The Bertz CT molecular complexity index is 239. The molecule has 0 aromatic rings. The van der Waals surface area contributed by atoms with E-state index in [4.69, 9.17) is 0 Å². The molecule has 0 heterocycles. The molecule has 0 aromatic heterocycles. The molecule has 0 unspecified atom stereocenters. The van der Waals surface area contributed by atoms with Crippen LogP contribution in [0.5, 0.6) is 0 Å². The third-order valence-corrected chi connectivity index (χ3v) is 3.94. The molecule has 0 saturated heterocycles. The molecule has 2 heteroatoms. The second kappa shape index (κ2) is 3.35. The highest BCUT2D eigenvalue weighted by Gasteiger charge is 2.46. The molecule has 3 rings (SSSR count). The van der Waals surface area contributed by atoms with Gasteiger partial charge >= 0.3 is 0 Å². The average Bonchev–Trinajstić information content (AvgIpc) is 2.16. The van der Waals surface area contributed by atoms with Crippen molar-refractivity contribution < 1.29 is 10.2 Å². The van der Waals surface area contributed by atoms with E-state index >= 15 is 0 Å². The van der Waals surface area contributed by atoms with Gasteiger partial charge in [-0.1, -0.05) is 12.2 Å². The number of rotatable bonds is 2. The van der Waals surface area contributed by atoms with E-state index in [2.05, 4.69) is 12.2 Å².